The highest BCUT2D eigenvalue weighted by Gasteiger charge is 2.24. The van der Waals surface area contributed by atoms with Crippen LogP contribution in [0.2, 0.25) is 0 Å². The van der Waals surface area contributed by atoms with Crippen molar-refractivity contribution >= 4 is 27.5 Å². The zero-order valence-corrected chi connectivity index (χ0v) is 15.7. The van der Waals surface area contributed by atoms with E-state index in [1.807, 2.05) is 12.1 Å². The van der Waals surface area contributed by atoms with E-state index in [1.54, 1.807) is 42.7 Å². The van der Waals surface area contributed by atoms with Crippen molar-refractivity contribution in [3.63, 3.8) is 0 Å². The molecule has 1 aliphatic rings. The number of aromatic nitrogens is 2. The lowest BCUT2D eigenvalue weighted by atomic mass is 9.99. The van der Waals surface area contributed by atoms with Gasteiger partial charge in [-0.25, -0.2) is 12.4 Å². The van der Waals surface area contributed by atoms with Gasteiger partial charge in [-0.15, -0.1) is 0 Å². The molecule has 0 bridgehead atoms. The smallest absolute Gasteiger partial charge is 0.290 e. The Balaban J connectivity index is 0.000000659. The molecule has 27 heavy (non-hydrogen) atoms. The number of rotatable bonds is 4. The van der Waals surface area contributed by atoms with E-state index in [2.05, 4.69) is 4.98 Å². The Morgan fingerprint density at radius 1 is 1.11 bits per heavy atom. The second-order valence-electron chi connectivity index (χ2n) is 6.60. The van der Waals surface area contributed by atoms with Crippen molar-refractivity contribution < 1.29 is 18.3 Å². The van der Waals surface area contributed by atoms with E-state index < -0.39 is 10.0 Å². The average Bonchev–Trinajstić information content (AvgIpc) is 3.32. The molecule has 0 spiro atoms. The van der Waals surface area contributed by atoms with Gasteiger partial charge in [0, 0.05) is 12.4 Å². The number of nitrogens with zero attached hydrogens (tertiary/aromatic N) is 2. The summed E-state index contributed by atoms with van der Waals surface area (Å²) in [6, 6.07) is 12.2. The van der Waals surface area contributed by atoms with Crippen molar-refractivity contribution in [3.8, 4) is 0 Å². The van der Waals surface area contributed by atoms with Crippen LogP contribution in [-0.4, -0.2) is 29.0 Å². The molecule has 3 aromatic rings. The first-order valence-corrected chi connectivity index (χ1v) is 10.4. The van der Waals surface area contributed by atoms with Crippen molar-refractivity contribution in [3.05, 3.63) is 60.4 Å². The van der Waals surface area contributed by atoms with E-state index in [0.717, 1.165) is 17.5 Å². The topological polar surface area (TPSA) is 89.3 Å². The molecule has 1 N–H and O–H groups in total. The van der Waals surface area contributed by atoms with Crippen LogP contribution in [0.15, 0.2) is 59.8 Å². The molecule has 0 atom stereocenters. The van der Waals surface area contributed by atoms with Crippen molar-refractivity contribution in [2.75, 3.05) is 0 Å². The fraction of sp³-hybridized carbons (Fsp3) is 0.300. The summed E-state index contributed by atoms with van der Waals surface area (Å²) in [4.78, 5) is 13.1. The van der Waals surface area contributed by atoms with Gasteiger partial charge in [-0.1, -0.05) is 43.9 Å². The maximum Gasteiger partial charge on any atom is 0.290 e. The maximum atomic E-state index is 13.0. The molecule has 1 aliphatic carbocycles. The molecule has 0 amide bonds. The largest absolute Gasteiger partial charge is 0.483 e. The summed E-state index contributed by atoms with van der Waals surface area (Å²) in [5.74, 6) is 0.644. The molecule has 0 aliphatic heterocycles. The Hall–Kier alpha value is -2.67. The van der Waals surface area contributed by atoms with Crippen LogP contribution in [-0.2, 0) is 21.2 Å². The minimum atomic E-state index is -3.60. The molecule has 142 valence electrons. The predicted octanol–water partition coefficient (Wildman–Crippen LogP) is 3.71. The molecule has 1 saturated carbocycles. The third kappa shape index (κ3) is 4.03. The monoisotopic (exact) mass is 386 g/mol. The number of carboxylic acid groups (broad SMARTS) is 1. The molecule has 0 saturated heterocycles. The molecule has 2 heterocycles. The van der Waals surface area contributed by atoms with Gasteiger partial charge < -0.3 is 5.11 Å². The molecule has 6 nitrogen and oxygen atoms in total. The standard InChI is InChI=1S/C19H20N2O2S.CH2O2/c22-24(23,17-9-2-1-3-10-17)21-14-16(13-15-7-4-5-8-15)19-18(21)11-6-12-20-19;2-1-3/h1-3,6,9-12,14-15H,4-5,7-8,13H2;1H,(H,2,3). The molecular formula is C20H22N2O4S. The normalized spacial score (nSPS) is 14.7. The minimum Gasteiger partial charge on any atom is -0.483 e. The molecule has 7 heteroatoms. The van der Waals surface area contributed by atoms with E-state index in [9.17, 15) is 8.42 Å². The third-order valence-electron chi connectivity index (χ3n) is 4.88. The summed E-state index contributed by atoms with van der Waals surface area (Å²) in [6.07, 6.45) is 9.43. The highest BCUT2D eigenvalue weighted by atomic mass is 32.2. The van der Waals surface area contributed by atoms with Crippen LogP contribution >= 0.6 is 0 Å². The first-order valence-electron chi connectivity index (χ1n) is 8.91. The third-order valence-corrected chi connectivity index (χ3v) is 6.57. The Kier molecular flexibility index (Phi) is 5.91. The van der Waals surface area contributed by atoms with Crippen molar-refractivity contribution in [1.29, 1.82) is 0 Å². The van der Waals surface area contributed by atoms with Crippen LogP contribution in [0.4, 0.5) is 0 Å². The van der Waals surface area contributed by atoms with Crippen LogP contribution in [0.3, 0.4) is 0 Å². The number of fused-ring (bicyclic) bond motifs is 1. The lowest BCUT2D eigenvalue weighted by Crippen LogP contribution is -2.11. The fourth-order valence-corrected chi connectivity index (χ4v) is 5.07. The first-order chi connectivity index (χ1) is 13.1. The SMILES string of the molecule is O=CO.O=S(=O)(c1ccccc1)n1cc(CC2CCCC2)c2ncccc21. The van der Waals surface area contributed by atoms with E-state index in [1.165, 1.54) is 29.7 Å². The van der Waals surface area contributed by atoms with Crippen molar-refractivity contribution in [1.82, 2.24) is 8.96 Å². The molecular weight excluding hydrogens is 364 g/mol. The number of benzene rings is 1. The Bertz CT molecular complexity index is 1010. The van der Waals surface area contributed by atoms with Gasteiger partial charge in [0.1, 0.15) is 0 Å². The van der Waals surface area contributed by atoms with E-state index in [-0.39, 0.29) is 6.47 Å². The maximum absolute atomic E-state index is 13.0. The number of hydrogen-bond acceptors (Lipinski definition) is 4. The summed E-state index contributed by atoms with van der Waals surface area (Å²) in [6.45, 7) is -0.250. The van der Waals surface area contributed by atoms with E-state index >= 15 is 0 Å². The van der Waals surface area contributed by atoms with Crippen LogP contribution in [0.25, 0.3) is 11.0 Å². The lowest BCUT2D eigenvalue weighted by Gasteiger charge is -2.07. The van der Waals surface area contributed by atoms with Crippen LogP contribution in [0.1, 0.15) is 31.2 Å². The molecule has 0 radical (unpaired) electrons. The van der Waals surface area contributed by atoms with Gasteiger partial charge >= 0.3 is 0 Å². The number of pyridine rings is 1. The van der Waals surface area contributed by atoms with Gasteiger partial charge in [0.2, 0.25) is 0 Å². The Morgan fingerprint density at radius 3 is 2.44 bits per heavy atom. The minimum absolute atomic E-state index is 0.250. The van der Waals surface area contributed by atoms with Gasteiger partial charge in [-0.05, 0) is 42.2 Å². The summed E-state index contributed by atoms with van der Waals surface area (Å²) in [5.41, 5.74) is 2.51. The highest BCUT2D eigenvalue weighted by molar-refractivity contribution is 7.90. The zero-order chi connectivity index (χ0) is 19.3. The van der Waals surface area contributed by atoms with E-state index in [4.69, 9.17) is 9.90 Å². The fourth-order valence-electron chi connectivity index (χ4n) is 3.67. The Morgan fingerprint density at radius 2 is 1.78 bits per heavy atom. The quantitative estimate of drug-likeness (QED) is 0.691. The highest BCUT2D eigenvalue weighted by Crippen LogP contribution is 2.32. The van der Waals surface area contributed by atoms with Gasteiger partial charge in [-0.3, -0.25) is 9.78 Å². The van der Waals surface area contributed by atoms with Crippen LogP contribution in [0, 0.1) is 5.92 Å². The molecule has 2 aromatic heterocycles. The first kappa shape index (κ1) is 19.1. The van der Waals surface area contributed by atoms with E-state index in [0.29, 0.717) is 16.3 Å². The summed E-state index contributed by atoms with van der Waals surface area (Å²) >= 11 is 0. The van der Waals surface area contributed by atoms with Crippen LogP contribution < -0.4 is 0 Å². The van der Waals surface area contributed by atoms with Crippen molar-refractivity contribution in [2.45, 2.75) is 37.0 Å². The van der Waals surface area contributed by atoms with Gasteiger partial charge in [0.05, 0.1) is 15.9 Å². The van der Waals surface area contributed by atoms with Crippen LogP contribution in [0.5, 0.6) is 0 Å². The second-order valence-corrected chi connectivity index (χ2v) is 8.41. The van der Waals surface area contributed by atoms with Gasteiger partial charge in [0.15, 0.2) is 0 Å². The number of hydrogen-bond donors (Lipinski definition) is 1. The lowest BCUT2D eigenvalue weighted by molar-refractivity contribution is -0.122. The average molecular weight is 386 g/mol. The van der Waals surface area contributed by atoms with Crippen molar-refractivity contribution in [2.24, 2.45) is 5.92 Å². The summed E-state index contributed by atoms with van der Waals surface area (Å²) in [5, 5.41) is 6.89. The van der Waals surface area contributed by atoms with Gasteiger partial charge in [0.25, 0.3) is 16.5 Å². The number of carbonyl (C=O) groups is 1. The molecule has 4 rings (SSSR count). The molecule has 1 aromatic carbocycles. The second kappa shape index (κ2) is 8.35. The summed E-state index contributed by atoms with van der Waals surface area (Å²) in [7, 11) is -3.60. The zero-order valence-electron chi connectivity index (χ0n) is 14.9. The predicted molar refractivity (Wildman–Crippen MR) is 103 cm³/mol. The molecule has 0 unspecified atom stereocenters. The van der Waals surface area contributed by atoms with Gasteiger partial charge in [-0.2, -0.15) is 0 Å². The molecule has 1 fully saturated rings. The Labute approximate surface area is 158 Å². The summed E-state index contributed by atoms with van der Waals surface area (Å²) < 4.78 is 27.5.